The van der Waals surface area contributed by atoms with Gasteiger partial charge in [0.15, 0.2) is 5.75 Å². The Balaban J connectivity index is 1.83. The number of hydrogen-bond donors (Lipinski definition) is 1. The highest BCUT2D eigenvalue weighted by Gasteiger charge is 2.43. The molecule has 1 aliphatic rings. The normalized spacial score (nSPS) is 15.4. The monoisotopic (exact) mass is 418 g/mol. The number of aromatic hydroxyl groups is 1. The fourth-order valence-corrected chi connectivity index (χ4v) is 4.26. The quantitative estimate of drug-likeness (QED) is 0.398. The first-order valence-corrected chi connectivity index (χ1v) is 10.0. The molecule has 3 heterocycles. The summed E-state index contributed by atoms with van der Waals surface area (Å²) in [5.74, 6) is -2.63. The van der Waals surface area contributed by atoms with Crippen LogP contribution in [0.2, 0.25) is 0 Å². The van der Waals surface area contributed by atoms with Crippen LogP contribution < -0.4 is 16.0 Å². The minimum Gasteiger partial charge on any atom is -0.507 e. The van der Waals surface area contributed by atoms with Gasteiger partial charge in [0.25, 0.3) is 0 Å². The molecule has 0 fully saturated rings. The topological polar surface area (TPSA) is 107 Å². The van der Waals surface area contributed by atoms with Crippen LogP contribution in [0.15, 0.2) is 54.8 Å². The Kier molecular flexibility index (Phi) is 4.22. The van der Waals surface area contributed by atoms with Gasteiger partial charge in [-0.2, -0.15) is 0 Å². The van der Waals surface area contributed by atoms with E-state index < -0.39 is 28.9 Å². The molecule has 0 saturated carbocycles. The van der Waals surface area contributed by atoms with Gasteiger partial charge in [0.05, 0.1) is 16.3 Å². The van der Waals surface area contributed by atoms with Crippen molar-refractivity contribution in [3.63, 3.8) is 0 Å². The van der Waals surface area contributed by atoms with E-state index in [2.05, 4.69) is 0 Å². The van der Waals surface area contributed by atoms with Gasteiger partial charge in [-0.3, -0.25) is 4.79 Å². The van der Waals surface area contributed by atoms with Crippen LogP contribution in [0.1, 0.15) is 42.0 Å². The summed E-state index contributed by atoms with van der Waals surface area (Å²) < 4.78 is 16.5. The maximum atomic E-state index is 12.9. The summed E-state index contributed by atoms with van der Waals surface area (Å²) in [7, 11) is 0. The molecule has 4 aromatic rings. The lowest BCUT2D eigenvalue weighted by molar-refractivity contribution is -0.133. The van der Waals surface area contributed by atoms with Crippen LogP contribution in [0.5, 0.6) is 11.5 Å². The molecule has 1 atom stereocenters. The zero-order chi connectivity index (χ0) is 21.9. The fourth-order valence-electron chi connectivity index (χ4n) is 4.26. The van der Waals surface area contributed by atoms with Crippen molar-refractivity contribution >= 4 is 27.9 Å². The van der Waals surface area contributed by atoms with Crippen LogP contribution in [0.3, 0.4) is 0 Å². The summed E-state index contributed by atoms with van der Waals surface area (Å²) in [4.78, 5) is 38.6. The maximum Gasteiger partial charge on any atom is 0.344 e. The molecule has 2 aromatic carbocycles. The number of benzene rings is 2. The molecule has 0 bridgehead atoms. The predicted octanol–water partition coefficient (Wildman–Crippen LogP) is 3.78. The molecular formula is C24H18O7. The largest absolute Gasteiger partial charge is 0.507 e. The minimum atomic E-state index is -1.44. The van der Waals surface area contributed by atoms with E-state index in [9.17, 15) is 19.5 Å². The third-order valence-electron chi connectivity index (χ3n) is 5.80. The smallest absolute Gasteiger partial charge is 0.344 e. The number of esters is 1. The van der Waals surface area contributed by atoms with Crippen molar-refractivity contribution in [3.8, 4) is 11.5 Å². The molecule has 0 spiro atoms. The van der Waals surface area contributed by atoms with Gasteiger partial charge in [0.1, 0.15) is 28.4 Å². The first kappa shape index (κ1) is 19.1. The van der Waals surface area contributed by atoms with E-state index in [1.807, 2.05) is 19.9 Å². The SMILES string of the molecule is CCc1cccc2c(O)c(C3C(=O)Oc4c3c(=O)oc3c(CC)cccc43)c(=O)oc12. The average Bonchev–Trinajstić information content (AvgIpc) is 3.11. The Morgan fingerprint density at radius 3 is 1.97 bits per heavy atom. The number of carbonyl (C=O) groups is 1. The van der Waals surface area contributed by atoms with E-state index in [1.165, 1.54) is 0 Å². The molecule has 156 valence electrons. The van der Waals surface area contributed by atoms with E-state index in [1.54, 1.807) is 30.3 Å². The average molecular weight is 418 g/mol. The Hall–Kier alpha value is -3.87. The molecule has 7 nitrogen and oxygen atoms in total. The Labute approximate surface area is 175 Å². The van der Waals surface area contributed by atoms with Crippen LogP contribution in [-0.4, -0.2) is 11.1 Å². The summed E-state index contributed by atoms with van der Waals surface area (Å²) in [6.45, 7) is 3.81. The van der Waals surface area contributed by atoms with Crippen LogP contribution >= 0.6 is 0 Å². The van der Waals surface area contributed by atoms with Crippen LogP contribution in [0.4, 0.5) is 0 Å². The lowest BCUT2D eigenvalue weighted by Gasteiger charge is -2.11. The number of para-hydroxylation sites is 2. The highest BCUT2D eigenvalue weighted by atomic mass is 16.5. The third kappa shape index (κ3) is 2.63. The molecule has 5 rings (SSSR count). The highest BCUT2D eigenvalue weighted by molar-refractivity contribution is 5.99. The zero-order valence-electron chi connectivity index (χ0n) is 16.9. The zero-order valence-corrected chi connectivity index (χ0v) is 16.9. The summed E-state index contributed by atoms with van der Waals surface area (Å²) >= 11 is 0. The highest BCUT2D eigenvalue weighted by Crippen LogP contribution is 2.44. The minimum absolute atomic E-state index is 0.0535. The van der Waals surface area contributed by atoms with E-state index in [4.69, 9.17) is 13.6 Å². The van der Waals surface area contributed by atoms with Crippen molar-refractivity contribution in [2.24, 2.45) is 0 Å². The molecule has 1 unspecified atom stereocenters. The number of ether oxygens (including phenoxy) is 1. The van der Waals surface area contributed by atoms with E-state index >= 15 is 0 Å². The summed E-state index contributed by atoms with van der Waals surface area (Å²) in [5, 5.41) is 11.7. The lowest BCUT2D eigenvalue weighted by atomic mass is 9.92. The molecule has 0 saturated heterocycles. The van der Waals surface area contributed by atoms with Crippen molar-refractivity contribution < 1.29 is 23.5 Å². The molecule has 0 amide bonds. The summed E-state index contributed by atoms with van der Waals surface area (Å²) in [6, 6.07) is 10.4. The van der Waals surface area contributed by atoms with Gasteiger partial charge in [0.2, 0.25) is 0 Å². The molecule has 7 heteroatoms. The summed E-state index contributed by atoms with van der Waals surface area (Å²) in [5.41, 5.74) is -0.0175. The number of carbonyl (C=O) groups excluding carboxylic acids is 1. The number of aryl methyl sites for hydroxylation is 2. The number of hydrogen-bond acceptors (Lipinski definition) is 7. The van der Waals surface area contributed by atoms with Crippen molar-refractivity contribution in [1.82, 2.24) is 0 Å². The standard InChI is InChI=1S/C24H18O7/c1-3-11-7-5-9-13-18(25)16(23(27)29-19(11)13)15-17-21(31-22(15)26)14-10-6-8-12(4-2)20(14)30-24(17)28/h5-10,15,25H,3-4H2,1-2H3. The molecule has 0 aliphatic carbocycles. The van der Waals surface area contributed by atoms with Crippen LogP contribution in [0, 0.1) is 0 Å². The molecule has 2 aromatic heterocycles. The molecule has 0 radical (unpaired) electrons. The lowest BCUT2D eigenvalue weighted by Crippen LogP contribution is -2.22. The summed E-state index contributed by atoms with van der Waals surface area (Å²) in [6.07, 6.45) is 1.20. The van der Waals surface area contributed by atoms with E-state index in [0.717, 1.165) is 11.1 Å². The number of fused-ring (bicyclic) bond motifs is 4. The first-order chi connectivity index (χ1) is 15.0. The second kappa shape index (κ2) is 6.84. The Morgan fingerprint density at radius 2 is 1.35 bits per heavy atom. The van der Waals surface area contributed by atoms with E-state index in [0.29, 0.717) is 23.8 Å². The van der Waals surface area contributed by atoms with E-state index in [-0.39, 0.29) is 27.8 Å². The second-order valence-electron chi connectivity index (χ2n) is 7.43. The van der Waals surface area contributed by atoms with Crippen molar-refractivity contribution in [1.29, 1.82) is 0 Å². The van der Waals surface area contributed by atoms with Crippen LogP contribution in [0.25, 0.3) is 21.9 Å². The van der Waals surface area contributed by atoms with Crippen molar-refractivity contribution in [2.75, 3.05) is 0 Å². The second-order valence-corrected chi connectivity index (χ2v) is 7.43. The Bertz CT molecular complexity index is 1510. The van der Waals surface area contributed by atoms with Gasteiger partial charge in [0, 0.05) is 0 Å². The Morgan fingerprint density at radius 1 is 0.806 bits per heavy atom. The molecule has 31 heavy (non-hydrogen) atoms. The molecule has 1 N–H and O–H groups in total. The van der Waals surface area contributed by atoms with Gasteiger partial charge in [-0.05, 0) is 36.1 Å². The molecule has 1 aliphatic heterocycles. The predicted molar refractivity (Wildman–Crippen MR) is 113 cm³/mol. The van der Waals surface area contributed by atoms with Gasteiger partial charge >= 0.3 is 17.2 Å². The fraction of sp³-hybridized carbons (Fsp3) is 0.208. The molecular weight excluding hydrogens is 400 g/mol. The first-order valence-electron chi connectivity index (χ1n) is 10.0. The van der Waals surface area contributed by atoms with Gasteiger partial charge in [-0.15, -0.1) is 0 Å². The maximum absolute atomic E-state index is 12.9. The third-order valence-corrected chi connectivity index (χ3v) is 5.80. The van der Waals surface area contributed by atoms with Gasteiger partial charge in [-0.1, -0.05) is 38.1 Å². The van der Waals surface area contributed by atoms with Gasteiger partial charge < -0.3 is 18.7 Å². The van der Waals surface area contributed by atoms with Gasteiger partial charge in [-0.25, -0.2) is 9.59 Å². The van der Waals surface area contributed by atoms with Crippen LogP contribution in [-0.2, 0) is 17.6 Å². The van der Waals surface area contributed by atoms with Crippen molar-refractivity contribution in [3.05, 3.63) is 79.5 Å². The van der Waals surface area contributed by atoms with Crippen molar-refractivity contribution in [2.45, 2.75) is 32.6 Å². The number of rotatable bonds is 3.